The summed E-state index contributed by atoms with van der Waals surface area (Å²) < 4.78 is 2.19. The van der Waals surface area contributed by atoms with E-state index >= 15 is 0 Å². The topological polar surface area (TPSA) is 62.7 Å². The molecule has 1 unspecified atom stereocenters. The molecule has 0 radical (unpaired) electrons. The minimum atomic E-state index is -0.0578. The van der Waals surface area contributed by atoms with E-state index in [2.05, 4.69) is 27.6 Å². The first-order valence-corrected chi connectivity index (χ1v) is 9.12. The van der Waals surface area contributed by atoms with Crippen LogP contribution in [0.1, 0.15) is 29.2 Å². The number of amides is 1. The van der Waals surface area contributed by atoms with Crippen LogP contribution in [0.3, 0.4) is 0 Å². The minimum absolute atomic E-state index is 0.0578. The Morgan fingerprint density at radius 3 is 2.85 bits per heavy atom. The van der Waals surface area contributed by atoms with Crippen molar-refractivity contribution in [2.45, 2.75) is 32.4 Å². The van der Waals surface area contributed by atoms with Crippen LogP contribution in [0.4, 0.5) is 0 Å². The number of fused-ring (bicyclic) bond motifs is 1. The van der Waals surface area contributed by atoms with Crippen molar-refractivity contribution in [3.05, 3.63) is 70.0 Å². The van der Waals surface area contributed by atoms with Gasteiger partial charge in [0.25, 0.3) is 0 Å². The summed E-state index contributed by atoms with van der Waals surface area (Å²) in [6, 6.07) is 16.4. The van der Waals surface area contributed by atoms with E-state index in [1.807, 2.05) is 43.3 Å². The normalized spacial score (nSPS) is 15.7. The van der Waals surface area contributed by atoms with Crippen molar-refractivity contribution in [3.8, 4) is 11.4 Å². The third kappa shape index (κ3) is 3.20. The van der Waals surface area contributed by atoms with Gasteiger partial charge >= 0.3 is 0 Å². The highest BCUT2D eigenvalue weighted by atomic mass is 32.1. The van der Waals surface area contributed by atoms with Crippen molar-refractivity contribution < 1.29 is 4.79 Å². The average Bonchev–Trinajstić information content (AvgIpc) is 3.21. The average molecular weight is 364 g/mol. The van der Waals surface area contributed by atoms with Crippen LogP contribution >= 0.6 is 12.2 Å². The molecule has 0 bridgehead atoms. The number of carbonyl (C=O) groups is 1. The number of rotatable bonds is 4. The zero-order chi connectivity index (χ0) is 18.1. The highest BCUT2D eigenvalue weighted by Gasteiger charge is 2.24. The number of aromatic amines is 1. The summed E-state index contributed by atoms with van der Waals surface area (Å²) in [5, 5.41) is 10.2. The lowest BCUT2D eigenvalue weighted by Gasteiger charge is -2.15. The van der Waals surface area contributed by atoms with Crippen molar-refractivity contribution in [1.29, 1.82) is 0 Å². The van der Waals surface area contributed by atoms with Gasteiger partial charge in [0.2, 0.25) is 5.91 Å². The molecule has 1 aliphatic carbocycles. The molecule has 1 heterocycles. The fourth-order valence-electron chi connectivity index (χ4n) is 3.48. The molecule has 0 aliphatic heterocycles. The second-order valence-electron chi connectivity index (χ2n) is 6.66. The highest BCUT2D eigenvalue weighted by Crippen LogP contribution is 2.30. The Bertz CT molecular complexity index is 1000. The first kappa shape index (κ1) is 16.7. The maximum absolute atomic E-state index is 12.6. The van der Waals surface area contributed by atoms with Crippen LogP contribution in [0, 0.1) is 11.7 Å². The molecule has 1 amide bonds. The molecule has 5 nitrogen and oxygen atoms in total. The zero-order valence-corrected chi connectivity index (χ0v) is 15.3. The molecule has 2 N–H and O–H groups in total. The molecule has 2 aromatic carbocycles. The van der Waals surface area contributed by atoms with Gasteiger partial charge in [-0.1, -0.05) is 54.1 Å². The van der Waals surface area contributed by atoms with Crippen LogP contribution < -0.4 is 5.32 Å². The molecule has 0 spiro atoms. The summed E-state index contributed by atoms with van der Waals surface area (Å²) in [5.74, 6) is 0.620. The van der Waals surface area contributed by atoms with Gasteiger partial charge < -0.3 is 5.32 Å². The Labute approximate surface area is 157 Å². The van der Waals surface area contributed by atoms with Crippen LogP contribution in [0.15, 0.2) is 48.5 Å². The zero-order valence-electron chi connectivity index (χ0n) is 14.5. The third-order valence-electron chi connectivity index (χ3n) is 4.84. The summed E-state index contributed by atoms with van der Waals surface area (Å²) >= 11 is 5.33. The van der Waals surface area contributed by atoms with Crippen molar-refractivity contribution in [2.24, 2.45) is 0 Å². The van der Waals surface area contributed by atoms with Crippen molar-refractivity contribution in [1.82, 2.24) is 20.1 Å². The van der Waals surface area contributed by atoms with Crippen LogP contribution in [-0.2, 0) is 17.8 Å². The predicted octanol–water partition coefficient (Wildman–Crippen LogP) is 3.72. The van der Waals surface area contributed by atoms with Gasteiger partial charge in [0.05, 0.1) is 6.04 Å². The molecule has 26 heavy (non-hydrogen) atoms. The quantitative estimate of drug-likeness (QED) is 0.694. The fraction of sp³-hybridized carbons (Fsp3) is 0.250. The fourth-order valence-corrected chi connectivity index (χ4v) is 3.67. The van der Waals surface area contributed by atoms with Gasteiger partial charge in [-0.2, -0.15) is 5.10 Å². The Morgan fingerprint density at radius 2 is 2.04 bits per heavy atom. The molecule has 0 saturated carbocycles. The van der Waals surface area contributed by atoms with Gasteiger partial charge in [0.15, 0.2) is 10.6 Å². The maximum Gasteiger partial charge on any atom is 0.240 e. The molecule has 3 aromatic rings. The molecular formula is C20H20N4OS. The monoisotopic (exact) mass is 364 g/mol. The van der Waals surface area contributed by atoms with E-state index in [-0.39, 0.29) is 18.5 Å². The molecule has 6 heteroatoms. The first-order valence-electron chi connectivity index (χ1n) is 8.71. The molecule has 4 rings (SSSR count). The summed E-state index contributed by atoms with van der Waals surface area (Å²) in [6.07, 6.45) is 1.94. The smallest absolute Gasteiger partial charge is 0.240 e. The lowest BCUT2D eigenvalue weighted by atomic mass is 10.1. The first-order chi connectivity index (χ1) is 12.6. The van der Waals surface area contributed by atoms with E-state index in [9.17, 15) is 4.79 Å². The summed E-state index contributed by atoms with van der Waals surface area (Å²) in [7, 11) is 0. The number of nitrogens with zero attached hydrogens (tertiary/aromatic N) is 2. The highest BCUT2D eigenvalue weighted by molar-refractivity contribution is 7.71. The van der Waals surface area contributed by atoms with E-state index in [1.54, 1.807) is 4.57 Å². The van der Waals surface area contributed by atoms with Crippen LogP contribution in [0.25, 0.3) is 11.4 Å². The van der Waals surface area contributed by atoms with Gasteiger partial charge in [-0.25, -0.2) is 0 Å². The molecule has 0 saturated heterocycles. The number of aryl methyl sites for hydroxylation is 2. The number of hydrogen-bond acceptors (Lipinski definition) is 3. The molecule has 1 aromatic heterocycles. The van der Waals surface area contributed by atoms with Crippen molar-refractivity contribution in [3.63, 3.8) is 0 Å². The van der Waals surface area contributed by atoms with E-state index in [0.717, 1.165) is 18.4 Å². The third-order valence-corrected chi connectivity index (χ3v) is 5.15. The Kier molecular flexibility index (Phi) is 4.42. The molecule has 0 fully saturated rings. The minimum Gasteiger partial charge on any atom is -0.348 e. The van der Waals surface area contributed by atoms with Gasteiger partial charge in [-0.05, 0) is 43.1 Å². The second-order valence-corrected chi connectivity index (χ2v) is 7.05. The van der Waals surface area contributed by atoms with E-state index < -0.39 is 0 Å². The van der Waals surface area contributed by atoms with Gasteiger partial charge in [0, 0.05) is 5.56 Å². The number of hydrogen-bond donors (Lipinski definition) is 2. The Balaban J connectivity index is 1.53. The molecular weight excluding hydrogens is 344 g/mol. The van der Waals surface area contributed by atoms with Crippen LogP contribution in [0.5, 0.6) is 0 Å². The Morgan fingerprint density at radius 1 is 1.27 bits per heavy atom. The number of aromatic nitrogens is 3. The molecule has 132 valence electrons. The number of benzene rings is 2. The molecule has 1 atom stereocenters. The predicted molar refractivity (Wildman–Crippen MR) is 103 cm³/mol. The number of carbonyl (C=O) groups excluding carboxylic acids is 1. The van der Waals surface area contributed by atoms with Crippen molar-refractivity contribution in [2.75, 3.05) is 0 Å². The number of nitrogens with one attached hydrogen (secondary N) is 2. The van der Waals surface area contributed by atoms with Gasteiger partial charge in [-0.15, -0.1) is 0 Å². The van der Waals surface area contributed by atoms with Crippen molar-refractivity contribution >= 4 is 18.1 Å². The maximum atomic E-state index is 12.6. The van der Waals surface area contributed by atoms with E-state index in [0.29, 0.717) is 10.6 Å². The van der Waals surface area contributed by atoms with Crippen LogP contribution in [-0.4, -0.2) is 20.7 Å². The summed E-state index contributed by atoms with van der Waals surface area (Å²) in [4.78, 5) is 12.6. The largest absolute Gasteiger partial charge is 0.348 e. The SMILES string of the molecule is Cc1ccc(-c2n[nH]c(=S)n2CC(=O)NC2CCc3ccccc32)cc1. The second kappa shape index (κ2) is 6.88. The lowest BCUT2D eigenvalue weighted by Crippen LogP contribution is -2.30. The standard InChI is InChI=1S/C20H20N4OS/c1-13-6-8-15(9-7-13)19-22-23-20(26)24(19)12-18(25)21-17-11-10-14-4-2-3-5-16(14)17/h2-9,17H,10-12H2,1H3,(H,21,25)(H,23,26). The van der Waals surface area contributed by atoms with E-state index in [4.69, 9.17) is 12.2 Å². The van der Waals surface area contributed by atoms with Crippen LogP contribution in [0.2, 0.25) is 0 Å². The lowest BCUT2D eigenvalue weighted by molar-refractivity contribution is -0.122. The molecule has 1 aliphatic rings. The summed E-state index contributed by atoms with van der Waals surface area (Å²) in [5.41, 5.74) is 4.64. The Hall–Kier alpha value is -2.73. The van der Waals surface area contributed by atoms with Gasteiger partial charge in [0.1, 0.15) is 6.54 Å². The van der Waals surface area contributed by atoms with Gasteiger partial charge in [-0.3, -0.25) is 14.5 Å². The number of H-pyrrole nitrogens is 1. The summed E-state index contributed by atoms with van der Waals surface area (Å²) in [6.45, 7) is 2.19. The van der Waals surface area contributed by atoms with E-state index in [1.165, 1.54) is 16.7 Å².